The van der Waals surface area contributed by atoms with Gasteiger partial charge in [0.1, 0.15) is 5.75 Å². The molecule has 108 valence electrons. The highest BCUT2D eigenvalue weighted by atomic mass is 79.9. The van der Waals surface area contributed by atoms with E-state index in [1.54, 1.807) is 7.11 Å². The lowest BCUT2D eigenvalue weighted by Gasteiger charge is -2.16. The first-order valence-corrected chi connectivity index (χ1v) is 8.37. The maximum Gasteiger partial charge on any atom is 0.121 e. The monoisotopic (exact) mass is 361 g/mol. The maximum atomic E-state index is 5.29. The van der Waals surface area contributed by atoms with Crippen LogP contribution in [0.5, 0.6) is 5.75 Å². The minimum absolute atomic E-state index is 0.241. The third-order valence-corrected chi connectivity index (χ3v) is 5.41. The van der Waals surface area contributed by atoms with E-state index in [2.05, 4.69) is 58.5 Å². The maximum absolute atomic E-state index is 5.29. The fraction of sp³-hybridized carbons (Fsp3) is 0.176. The molecule has 0 saturated carbocycles. The van der Waals surface area contributed by atoms with Crippen molar-refractivity contribution in [3.63, 3.8) is 0 Å². The number of nitrogens with one attached hydrogen (secondary N) is 1. The van der Waals surface area contributed by atoms with E-state index < -0.39 is 0 Å². The van der Waals surface area contributed by atoms with Crippen molar-refractivity contribution in [1.29, 1.82) is 0 Å². The van der Waals surface area contributed by atoms with Crippen molar-refractivity contribution in [2.75, 3.05) is 12.4 Å². The van der Waals surface area contributed by atoms with Crippen LogP contribution in [0.2, 0.25) is 0 Å². The second-order valence-corrected chi connectivity index (χ2v) is 6.87. The lowest BCUT2D eigenvalue weighted by Crippen LogP contribution is -2.05. The zero-order valence-corrected chi connectivity index (χ0v) is 14.3. The third kappa shape index (κ3) is 3.06. The van der Waals surface area contributed by atoms with E-state index in [1.165, 1.54) is 15.0 Å². The summed E-state index contributed by atoms with van der Waals surface area (Å²) in [5.74, 6) is 0.851. The highest BCUT2D eigenvalue weighted by Gasteiger charge is 2.11. The van der Waals surface area contributed by atoms with Crippen LogP contribution in [-0.4, -0.2) is 7.11 Å². The first-order chi connectivity index (χ1) is 10.2. The standard InChI is InChI=1S/C17H16BrNOS/c1-11(17-9-12-5-3-4-6-16(12)21-17)19-15-10-13(20-2)7-8-14(15)18/h3-11,19H,1-2H3. The Bertz CT molecular complexity index is 735. The first-order valence-electron chi connectivity index (χ1n) is 6.76. The molecule has 0 amide bonds. The normalized spacial score (nSPS) is 12.3. The van der Waals surface area contributed by atoms with Gasteiger partial charge < -0.3 is 10.1 Å². The predicted octanol–water partition coefficient (Wildman–Crippen LogP) is 5.85. The molecule has 0 aliphatic carbocycles. The number of benzene rings is 2. The van der Waals surface area contributed by atoms with Crippen LogP contribution < -0.4 is 10.1 Å². The molecule has 2 aromatic carbocycles. The molecule has 21 heavy (non-hydrogen) atoms. The Labute approximate surface area is 136 Å². The van der Waals surface area contributed by atoms with E-state index in [9.17, 15) is 0 Å². The summed E-state index contributed by atoms with van der Waals surface area (Å²) < 4.78 is 7.65. The molecule has 1 N–H and O–H groups in total. The predicted molar refractivity (Wildman–Crippen MR) is 94.6 cm³/mol. The molecular formula is C17H16BrNOS. The van der Waals surface area contributed by atoms with Crippen molar-refractivity contribution in [3.05, 3.63) is 57.9 Å². The molecular weight excluding hydrogens is 346 g/mol. The van der Waals surface area contributed by atoms with Crippen molar-refractivity contribution in [3.8, 4) is 5.75 Å². The number of hydrogen-bond acceptors (Lipinski definition) is 3. The van der Waals surface area contributed by atoms with E-state index in [-0.39, 0.29) is 6.04 Å². The topological polar surface area (TPSA) is 21.3 Å². The van der Waals surface area contributed by atoms with Crippen LogP contribution in [-0.2, 0) is 0 Å². The highest BCUT2D eigenvalue weighted by Crippen LogP contribution is 2.34. The van der Waals surface area contributed by atoms with Gasteiger partial charge in [-0.15, -0.1) is 11.3 Å². The minimum Gasteiger partial charge on any atom is -0.497 e. The molecule has 2 nitrogen and oxygen atoms in total. The summed E-state index contributed by atoms with van der Waals surface area (Å²) in [6, 6.07) is 16.9. The molecule has 0 aliphatic heterocycles. The first kappa shape index (κ1) is 14.4. The molecule has 0 aliphatic rings. The fourth-order valence-corrected chi connectivity index (χ4v) is 3.69. The second-order valence-electron chi connectivity index (χ2n) is 4.90. The Hall–Kier alpha value is -1.52. The molecule has 0 saturated heterocycles. The number of thiophene rings is 1. The van der Waals surface area contributed by atoms with E-state index in [0.717, 1.165) is 15.9 Å². The van der Waals surface area contributed by atoms with Crippen LogP contribution in [0, 0.1) is 0 Å². The smallest absolute Gasteiger partial charge is 0.121 e. The van der Waals surface area contributed by atoms with Gasteiger partial charge in [-0.1, -0.05) is 18.2 Å². The van der Waals surface area contributed by atoms with Crippen molar-refractivity contribution in [1.82, 2.24) is 0 Å². The number of fused-ring (bicyclic) bond motifs is 1. The number of rotatable bonds is 4. The van der Waals surface area contributed by atoms with Gasteiger partial charge in [0.15, 0.2) is 0 Å². The van der Waals surface area contributed by atoms with Crippen LogP contribution in [0.1, 0.15) is 17.8 Å². The molecule has 1 aromatic heterocycles. The van der Waals surface area contributed by atoms with Crippen LogP contribution in [0.4, 0.5) is 5.69 Å². The Kier molecular flexibility index (Phi) is 4.17. The molecule has 3 aromatic rings. The van der Waals surface area contributed by atoms with Gasteiger partial charge in [-0.2, -0.15) is 0 Å². The van der Waals surface area contributed by atoms with Gasteiger partial charge in [-0.25, -0.2) is 0 Å². The van der Waals surface area contributed by atoms with Crippen molar-refractivity contribution >= 4 is 43.0 Å². The minimum atomic E-state index is 0.241. The molecule has 0 bridgehead atoms. The molecule has 1 heterocycles. The van der Waals surface area contributed by atoms with Crippen LogP contribution >= 0.6 is 27.3 Å². The molecule has 0 radical (unpaired) electrons. The number of hydrogen-bond donors (Lipinski definition) is 1. The van der Waals surface area contributed by atoms with Gasteiger partial charge in [0, 0.05) is 20.1 Å². The summed E-state index contributed by atoms with van der Waals surface area (Å²) in [4.78, 5) is 1.32. The van der Waals surface area contributed by atoms with Gasteiger partial charge in [-0.3, -0.25) is 0 Å². The molecule has 3 rings (SSSR count). The van der Waals surface area contributed by atoms with E-state index in [0.29, 0.717) is 0 Å². The van der Waals surface area contributed by atoms with Gasteiger partial charge >= 0.3 is 0 Å². The zero-order valence-electron chi connectivity index (χ0n) is 11.9. The molecule has 4 heteroatoms. The third-order valence-electron chi connectivity index (χ3n) is 3.42. The summed E-state index contributed by atoms with van der Waals surface area (Å²) in [6.45, 7) is 2.18. The Balaban J connectivity index is 1.87. The van der Waals surface area contributed by atoms with Crippen LogP contribution in [0.25, 0.3) is 10.1 Å². The molecule has 1 unspecified atom stereocenters. The van der Waals surface area contributed by atoms with Crippen LogP contribution in [0.3, 0.4) is 0 Å². The van der Waals surface area contributed by atoms with Gasteiger partial charge in [0.05, 0.1) is 18.8 Å². The lowest BCUT2D eigenvalue weighted by atomic mass is 10.2. The average molecular weight is 362 g/mol. The number of methoxy groups -OCH3 is 1. The quantitative estimate of drug-likeness (QED) is 0.629. The summed E-state index contributed by atoms with van der Waals surface area (Å²) >= 11 is 5.41. The number of halogens is 1. The highest BCUT2D eigenvalue weighted by molar-refractivity contribution is 9.10. The fourth-order valence-electron chi connectivity index (χ4n) is 2.26. The summed E-state index contributed by atoms with van der Waals surface area (Å²) in [6.07, 6.45) is 0. The van der Waals surface area contributed by atoms with Crippen molar-refractivity contribution in [2.24, 2.45) is 0 Å². The van der Waals surface area contributed by atoms with Crippen molar-refractivity contribution < 1.29 is 4.74 Å². The van der Waals surface area contributed by atoms with E-state index in [1.807, 2.05) is 29.5 Å². The average Bonchev–Trinajstić information content (AvgIpc) is 2.93. The number of ether oxygens (including phenoxy) is 1. The van der Waals surface area contributed by atoms with E-state index >= 15 is 0 Å². The zero-order chi connectivity index (χ0) is 14.8. The Morgan fingerprint density at radius 1 is 1.14 bits per heavy atom. The summed E-state index contributed by atoms with van der Waals surface area (Å²) in [7, 11) is 1.68. The van der Waals surface area contributed by atoms with Gasteiger partial charge in [0.25, 0.3) is 0 Å². The second kappa shape index (κ2) is 6.08. The largest absolute Gasteiger partial charge is 0.497 e. The Morgan fingerprint density at radius 3 is 2.71 bits per heavy atom. The summed E-state index contributed by atoms with van der Waals surface area (Å²) in [5.41, 5.74) is 1.04. The molecule has 1 atom stereocenters. The van der Waals surface area contributed by atoms with E-state index in [4.69, 9.17) is 4.74 Å². The van der Waals surface area contributed by atoms with Gasteiger partial charge in [0.2, 0.25) is 0 Å². The van der Waals surface area contributed by atoms with Gasteiger partial charge in [-0.05, 0) is 52.5 Å². The molecule has 0 spiro atoms. The summed E-state index contributed by atoms with van der Waals surface area (Å²) in [5, 5.41) is 4.85. The molecule has 0 fully saturated rings. The lowest BCUT2D eigenvalue weighted by molar-refractivity contribution is 0.415. The number of anilines is 1. The van der Waals surface area contributed by atoms with Crippen LogP contribution in [0.15, 0.2) is 53.0 Å². The van der Waals surface area contributed by atoms with Crippen molar-refractivity contribution in [2.45, 2.75) is 13.0 Å². The Morgan fingerprint density at radius 2 is 1.95 bits per heavy atom. The SMILES string of the molecule is COc1ccc(Br)c(NC(C)c2cc3ccccc3s2)c1.